The number of phenolic OH excluding ortho intramolecular Hbond substituents is 1. The summed E-state index contributed by atoms with van der Waals surface area (Å²) in [5.74, 6) is 1.14. The molecule has 0 atom stereocenters. The van der Waals surface area contributed by atoms with Crippen LogP contribution in [0.25, 0.3) is 11.1 Å². The molecule has 0 unspecified atom stereocenters. The summed E-state index contributed by atoms with van der Waals surface area (Å²) in [7, 11) is 9.87. The molecule has 0 aliphatic heterocycles. The molecule has 0 radical (unpaired) electrons. The van der Waals surface area contributed by atoms with E-state index in [4.69, 9.17) is 22.0 Å². The second-order valence-electron chi connectivity index (χ2n) is 9.58. The number of aromatic hydroxyl groups is 1. The topological polar surface area (TPSA) is 32.6 Å². The molecule has 2 nitrogen and oxygen atoms in total. The molecule has 0 aromatic heterocycles. The van der Waals surface area contributed by atoms with Crippen molar-refractivity contribution in [3.8, 4) is 16.9 Å². The fourth-order valence-electron chi connectivity index (χ4n) is 4.62. The molecular formula is C29H33Cl2NOZr. The van der Waals surface area contributed by atoms with E-state index in [1.807, 2.05) is 18.3 Å². The SMILES string of the molecule is CC1CCC(N=Cc2cc(-c3ccccc3)cc(C(C)(C)c3ccccc3)c2O)CC1.[Cl][Zr][Cl]. The van der Waals surface area contributed by atoms with Crippen LogP contribution >= 0.6 is 17.0 Å². The van der Waals surface area contributed by atoms with Gasteiger partial charge in [0, 0.05) is 28.8 Å². The molecule has 3 aromatic carbocycles. The Morgan fingerprint density at radius 3 is 2.03 bits per heavy atom. The quantitative estimate of drug-likeness (QED) is 0.304. The first-order valence-electron chi connectivity index (χ1n) is 11.8. The van der Waals surface area contributed by atoms with Gasteiger partial charge in [0.25, 0.3) is 0 Å². The van der Waals surface area contributed by atoms with E-state index in [-0.39, 0.29) is 5.41 Å². The van der Waals surface area contributed by atoms with Gasteiger partial charge in [0.1, 0.15) is 5.75 Å². The number of hydrogen-bond acceptors (Lipinski definition) is 2. The maximum atomic E-state index is 11.3. The van der Waals surface area contributed by atoms with Crippen LogP contribution in [0.4, 0.5) is 0 Å². The number of halogens is 2. The van der Waals surface area contributed by atoms with Gasteiger partial charge in [0.2, 0.25) is 0 Å². The number of phenols is 1. The molecule has 1 saturated carbocycles. The number of benzene rings is 3. The second-order valence-corrected chi connectivity index (χ2v) is 13.3. The van der Waals surface area contributed by atoms with Gasteiger partial charge in [-0.2, -0.15) is 0 Å². The average Bonchev–Trinajstić information content (AvgIpc) is 2.86. The molecule has 0 spiro atoms. The Balaban J connectivity index is 0.00000103. The number of nitrogens with zero attached hydrogens (tertiary/aromatic N) is 1. The minimum atomic E-state index is -0.826. The van der Waals surface area contributed by atoms with E-state index < -0.39 is 20.8 Å². The zero-order chi connectivity index (χ0) is 24.6. The molecule has 34 heavy (non-hydrogen) atoms. The molecular weight excluding hydrogens is 540 g/mol. The van der Waals surface area contributed by atoms with Gasteiger partial charge in [-0.3, -0.25) is 4.99 Å². The summed E-state index contributed by atoms with van der Waals surface area (Å²) in [6.07, 6.45) is 6.67. The van der Waals surface area contributed by atoms with Gasteiger partial charge >= 0.3 is 37.9 Å². The Morgan fingerprint density at radius 1 is 0.882 bits per heavy atom. The van der Waals surface area contributed by atoms with E-state index in [1.165, 1.54) is 18.4 Å². The van der Waals surface area contributed by atoms with E-state index >= 15 is 0 Å². The third-order valence-corrected chi connectivity index (χ3v) is 6.83. The first-order valence-corrected chi connectivity index (χ1v) is 18.2. The van der Waals surface area contributed by atoms with Crippen LogP contribution in [0.15, 0.2) is 77.8 Å². The predicted octanol–water partition coefficient (Wildman–Crippen LogP) is 8.76. The van der Waals surface area contributed by atoms with Gasteiger partial charge in [0.15, 0.2) is 0 Å². The Morgan fingerprint density at radius 2 is 1.44 bits per heavy atom. The third-order valence-electron chi connectivity index (χ3n) is 6.83. The maximum absolute atomic E-state index is 11.3. The number of aliphatic imine (C=N–C) groups is 1. The van der Waals surface area contributed by atoms with E-state index in [2.05, 4.69) is 81.4 Å². The van der Waals surface area contributed by atoms with E-state index in [0.717, 1.165) is 41.0 Å². The first-order chi connectivity index (χ1) is 16.4. The molecule has 1 fully saturated rings. The van der Waals surface area contributed by atoms with Crippen LogP contribution in [0.3, 0.4) is 0 Å². The molecule has 0 heterocycles. The minimum absolute atomic E-state index is 0.334. The molecule has 1 aliphatic rings. The van der Waals surface area contributed by atoms with E-state index in [1.54, 1.807) is 0 Å². The molecule has 5 heteroatoms. The van der Waals surface area contributed by atoms with Crippen molar-refractivity contribution >= 4 is 23.2 Å². The summed E-state index contributed by atoms with van der Waals surface area (Å²) in [5.41, 5.74) is 4.83. The molecule has 178 valence electrons. The van der Waals surface area contributed by atoms with Gasteiger partial charge in [-0.25, -0.2) is 0 Å². The van der Waals surface area contributed by atoms with Gasteiger partial charge in [-0.1, -0.05) is 81.4 Å². The predicted molar refractivity (Wildman–Crippen MR) is 143 cm³/mol. The Kier molecular flexibility index (Phi) is 10.4. The Hall–Kier alpha value is -1.41. The fraction of sp³-hybridized carbons (Fsp3) is 0.345. The normalized spacial score (nSPS) is 18.3. The first kappa shape index (κ1) is 27.2. The zero-order valence-electron chi connectivity index (χ0n) is 20.1. The van der Waals surface area contributed by atoms with Gasteiger partial charge in [0.05, 0.1) is 0 Å². The van der Waals surface area contributed by atoms with Crippen LogP contribution in [-0.4, -0.2) is 17.4 Å². The molecule has 0 amide bonds. The summed E-state index contributed by atoms with van der Waals surface area (Å²) in [6, 6.07) is 25.4. The van der Waals surface area contributed by atoms with Gasteiger partial charge in [-0.05, 0) is 60.4 Å². The van der Waals surface area contributed by atoms with Crippen molar-refractivity contribution in [2.45, 2.75) is 57.9 Å². The summed E-state index contributed by atoms with van der Waals surface area (Å²) in [5, 5.41) is 11.3. The van der Waals surface area contributed by atoms with E-state index in [0.29, 0.717) is 11.8 Å². The summed E-state index contributed by atoms with van der Waals surface area (Å²) in [4.78, 5) is 4.89. The second kappa shape index (κ2) is 13.1. The summed E-state index contributed by atoms with van der Waals surface area (Å²) >= 11 is -0.826. The monoisotopic (exact) mass is 571 g/mol. The molecule has 3 aromatic rings. The van der Waals surface area contributed by atoms with Crippen LogP contribution in [0, 0.1) is 5.92 Å². The third kappa shape index (κ3) is 7.06. The molecule has 1 N–H and O–H groups in total. The van der Waals surface area contributed by atoms with Crippen molar-refractivity contribution in [1.82, 2.24) is 0 Å². The molecule has 4 rings (SSSR count). The van der Waals surface area contributed by atoms with Crippen LogP contribution in [0.2, 0.25) is 0 Å². The van der Waals surface area contributed by atoms with Crippen LogP contribution in [0.1, 0.15) is 63.1 Å². The number of hydrogen-bond donors (Lipinski definition) is 1. The van der Waals surface area contributed by atoms with Crippen molar-refractivity contribution in [1.29, 1.82) is 0 Å². The summed E-state index contributed by atoms with van der Waals surface area (Å²) < 4.78 is 0. The standard InChI is InChI=1S/C29H33NO.2ClH.Zr/c1-21-14-16-26(17-15-21)30-20-24-18-23(22-10-6-4-7-11-22)19-27(28(24)31)29(2,3)25-12-8-5-9-13-25;;;/h4-13,18-21,26,31H,14-17H2,1-3H3;2*1H;/q;;;+2/p-2. The zero-order valence-corrected chi connectivity index (χ0v) is 24.1. The average molecular weight is 574 g/mol. The van der Waals surface area contributed by atoms with Crippen molar-refractivity contribution in [3.05, 3.63) is 89.5 Å². The van der Waals surface area contributed by atoms with Crippen molar-refractivity contribution < 1.29 is 26.0 Å². The number of rotatable bonds is 5. The van der Waals surface area contributed by atoms with Crippen LogP contribution < -0.4 is 0 Å². The van der Waals surface area contributed by atoms with Crippen molar-refractivity contribution in [3.63, 3.8) is 0 Å². The fourth-order valence-corrected chi connectivity index (χ4v) is 4.62. The molecule has 0 bridgehead atoms. The molecule has 0 saturated heterocycles. The van der Waals surface area contributed by atoms with Crippen molar-refractivity contribution in [2.75, 3.05) is 0 Å². The Bertz CT molecular complexity index is 1060. The van der Waals surface area contributed by atoms with Gasteiger partial charge < -0.3 is 5.11 Å². The van der Waals surface area contributed by atoms with Crippen molar-refractivity contribution in [2.24, 2.45) is 10.9 Å². The molecule has 1 aliphatic carbocycles. The summed E-state index contributed by atoms with van der Waals surface area (Å²) in [6.45, 7) is 6.68. The van der Waals surface area contributed by atoms with Gasteiger partial charge in [-0.15, -0.1) is 0 Å². The Labute approximate surface area is 223 Å². The van der Waals surface area contributed by atoms with Crippen LogP contribution in [-0.2, 0) is 26.3 Å². The van der Waals surface area contributed by atoms with Crippen LogP contribution in [0.5, 0.6) is 5.75 Å². The van der Waals surface area contributed by atoms with E-state index in [9.17, 15) is 5.11 Å².